The summed E-state index contributed by atoms with van der Waals surface area (Å²) in [4.78, 5) is 29.0. The van der Waals surface area contributed by atoms with Gasteiger partial charge in [0.1, 0.15) is 58.4 Å². The van der Waals surface area contributed by atoms with Crippen molar-refractivity contribution in [3.63, 3.8) is 0 Å². The Morgan fingerprint density at radius 2 is 1.62 bits per heavy atom. The molecular weight excluding hydrogens is 1190 g/mol. The molecule has 0 saturated carbocycles. The second-order valence-electron chi connectivity index (χ2n) is 26.6. The number of carbonyl (C=O) groups excluding carboxylic acids is 2. The van der Waals surface area contributed by atoms with Gasteiger partial charge < -0.3 is 81.7 Å². The van der Waals surface area contributed by atoms with Crippen LogP contribution in [0, 0.1) is 11.8 Å². The van der Waals surface area contributed by atoms with Crippen LogP contribution < -0.4 is 19.9 Å². The maximum absolute atomic E-state index is 14.0. The molecule has 0 amide bonds. The third-order valence-electron chi connectivity index (χ3n) is 18.3. The zero-order chi connectivity index (χ0) is 65.5. The fourth-order valence-corrected chi connectivity index (χ4v) is 14.3. The minimum absolute atomic E-state index is 0.00908. The van der Waals surface area contributed by atoms with Gasteiger partial charge in [-0.1, -0.05) is 57.2 Å². The van der Waals surface area contributed by atoms with E-state index in [-0.39, 0.29) is 64.7 Å². The number of aliphatic hydroxyl groups excluding tert-OH is 1. The first-order valence-electron chi connectivity index (χ1n) is 31.2. The monoisotopic (exact) mass is 1290 g/mol. The fourth-order valence-electron chi connectivity index (χ4n) is 12.5. The molecule has 27 heteroatoms. The number of hydrogen-bond acceptors (Lipinski definition) is 23. The number of sulfonamides is 1. The molecule has 2 aromatic rings. The fraction of sp³-hybridized carbons (Fsp3) is 0.774. The molecule has 5 N–H and O–H groups in total. The van der Waals surface area contributed by atoms with Crippen molar-refractivity contribution < 1.29 is 89.5 Å². The maximum Gasteiger partial charge on any atom is 0.308 e. The van der Waals surface area contributed by atoms with Crippen molar-refractivity contribution in [2.45, 2.75) is 260 Å². The number of aryl methyl sites for hydroxylation is 1. The summed E-state index contributed by atoms with van der Waals surface area (Å²) in [6, 6.07) is 2.11. The van der Waals surface area contributed by atoms with Crippen molar-refractivity contribution in [3.05, 3.63) is 48.3 Å². The molecule has 1 unspecified atom stereocenters. The number of likely N-dealkylation sites (N-methyl/N-ethyl adjacent to an activating group) is 2. The summed E-state index contributed by atoms with van der Waals surface area (Å²) in [6.45, 7) is 22.0. The number of nitrogens with zero attached hydrogens (tertiary/aromatic N) is 4. The highest BCUT2D eigenvalue weighted by molar-refractivity contribution is 7.89. The second-order valence-corrected chi connectivity index (χ2v) is 32.9. The second kappa shape index (κ2) is 30.8. The average Bonchev–Trinajstić information content (AvgIpc) is 1.72. The summed E-state index contributed by atoms with van der Waals surface area (Å²) in [5, 5.41) is 41.6. The van der Waals surface area contributed by atoms with Gasteiger partial charge in [0.15, 0.2) is 33.3 Å². The number of nitrogens with one attached hydrogen (secondary N) is 1. The quantitative estimate of drug-likeness (QED) is 0.0874. The zero-order valence-electron chi connectivity index (χ0n) is 55.2. The van der Waals surface area contributed by atoms with Crippen LogP contribution in [-0.4, -0.2) is 211 Å². The molecule has 20 atom stereocenters. The van der Waals surface area contributed by atoms with Crippen molar-refractivity contribution in [1.29, 1.82) is 0 Å². The van der Waals surface area contributed by atoms with Gasteiger partial charge in [-0.05, 0) is 118 Å². The van der Waals surface area contributed by atoms with Crippen LogP contribution in [0.5, 0.6) is 11.5 Å². The molecule has 6 heterocycles. The van der Waals surface area contributed by atoms with Gasteiger partial charge in [0.2, 0.25) is 10.0 Å². The molecule has 5 aliphatic heterocycles. The third kappa shape index (κ3) is 18.4. The van der Waals surface area contributed by atoms with E-state index in [1.165, 1.54) is 31.0 Å². The number of nitrogens with two attached hydrogens (primary N) is 1. The van der Waals surface area contributed by atoms with E-state index < -0.39 is 128 Å². The van der Waals surface area contributed by atoms with E-state index in [0.29, 0.717) is 49.9 Å². The maximum atomic E-state index is 14.0. The first-order valence-corrected chi connectivity index (χ1v) is 35.7. The van der Waals surface area contributed by atoms with E-state index >= 15 is 0 Å². The van der Waals surface area contributed by atoms with E-state index in [0.717, 1.165) is 6.42 Å². The Morgan fingerprint density at radius 3 is 2.25 bits per heavy atom. The molecule has 2 bridgehead atoms. The molecule has 25 nitrogen and oxygen atoms in total. The largest absolute Gasteiger partial charge is 0.495 e. The lowest BCUT2D eigenvalue weighted by molar-refractivity contribution is -0.343. The number of primary sulfonamides is 1. The Labute approximate surface area is 527 Å². The van der Waals surface area contributed by atoms with Gasteiger partial charge in [-0.15, -0.1) is 5.10 Å². The highest BCUT2D eigenvalue weighted by Gasteiger charge is 2.54. The lowest BCUT2D eigenvalue weighted by Crippen LogP contribution is -2.65. The number of allylic oxidation sites excluding steroid dienone is 2. The summed E-state index contributed by atoms with van der Waals surface area (Å²) < 4.78 is 109. The van der Waals surface area contributed by atoms with Crippen LogP contribution in [0.1, 0.15) is 126 Å². The van der Waals surface area contributed by atoms with Gasteiger partial charge >= 0.3 is 11.9 Å². The molecule has 0 radical (unpaired) electrons. The lowest BCUT2D eigenvalue weighted by Gasteiger charge is -2.50. The minimum atomic E-state index is -4.13. The zero-order valence-corrected chi connectivity index (χ0v) is 57.0. The van der Waals surface area contributed by atoms with Crippen LogP contribution in [0.2, 0.25) is 18.1 Å². The summed E-state index contributed by atoms with van der Waals surface area (Å²) in [5.74, 6) is -1.42. The predicted octanol–water partition coefficient (Wildman–Crippen LogP) is 5.99. The molecule has 4 fully saturated rings. The highest BCUT2D eigenvalue weighted by Crippen LogP contribution is 2.44. The number of fused-ring (bicyclic) bond motifs is 3. The number of esters is 2. The number of ether oxygens (including phenoxy) is 12. The summed E-state index contributed by atoms with van der Waals surface area (Å²) in [6.07, 6.45) is 0.994. The minimum Gasteiger partial charge on any atom is -0.495 e. The van der Waals surface area contributed by atoms with Crippen LogP contribution in [0.15, 0.2) is 47.5 Å². The summed E-state index contributed by atoms with van der Waals surface area (Å²) in [7, 11) is 3.19. The van der Waals surface area contributed by atoms with Crippen molar-refractivity contribution in [2.75, 3.05) is 42.5 Å². The Morgan fingerprint density at radius 1 is 0.910 bits per heavy atom. The van der Waals surface area contributed by atoms with Gasteiger partial charge in [0.25, 0.3) is 0 Å². The molecule has 7 rings (SSSR count). The Hall–Kier alpha value is -4.01. The molecule has 0 aliphatic carbocycles. The molecule has 1 aromatic heterocycles. The average molecular weight is 1300 g/mol. The van der Waals surface area contributed by atoms with Gasteiger partial charge in [-0.2, -0.15) is 0 Å². The van der Waals surface area contributed by atoms with Gasteiger partial charge in [0.05, 0.1) is 75.2 Å². The molecule has 89 heavy (non-hydrogen) atoms. The highest BCUT2D eigenvalue weighted by atomic mass is 32.2. The van der Waals surface area contributed by atoms with Crippen LogP contribution in [0.25, 0.3) is 5.69 Å². The standard InChI is InChI=1S/C62H102N6O19SSi/c1-35-28-40-29-52(87-89(16,17)61(6,7)8)83-47(32-50(70)78-36(2)22-19-18-20-24-44(35)82-51-27-26-42(64-10)37(3)79-51)58(77-15)57(40)86-60-55(71)54(67(11)12)56(38(4)81-60)85-53-33-62(9,72)59(39(5)80-53)84-49(69)25-21-23-41-34-68(66-65-41)43-30-46(76-14)48(88(63,73)74)31-45(43)75-13/h18-20,24,30-31,34-40,42,44,47,51-60,64,71-72H,21-23,25-29,32-33H2,1-17H3,(H2,63,73,74)/b19-18-,24-20-/t35-,36-,37-,38-,39+,40-,42+,44+,47-,51+,52?,53+,54-,55-,56-,57+,58+,59+,60+,62-/m1/s1. The van der Waals surface area contributed by atoms with Crippen LogP contribution >= 0.6 is 0 Å². The van der Waals surface area contributed by atoms with Crippen molar-refractivity contribution in [2.24, 2.45) is 17.0 Å². The molecular formula is C62H102N6O19SSi. The number of hydrogen-bond donors (Lipinski definition) is 4. The van der Waals surface area contributed by atoms with Crippen molar-refractivity contribution in [1.82, 2.24) is 25.2 Å². The number of aromatic nitrogens is 3. The predicted molar refractivity (Wildman–Crippen MR) is 330 cm³/mol. The number of benzene rings is 1. The number of cyclic esters (lactones) is 1. The summed E-state index contributed by atoms with van der Waals surface area (Å²) >= 11 is 0. The smallest absolute Gasteiger partial charge is 0.308 e. The van der Waals surface area contributed by atoms with Crippen molar-refractivity contribution >= 4 is 30.3 Å². The van der Waals surface area contributed by atoms with E-state index in [4.69, 9.17) is 66.4 Å². The van der Waals surface area contributed by atoms with E-state index in [9.17, 15) is 28.2 Å². The third-order valence-corrected chi connectivity index (χ3v) is 23.7. The Kier molecular flexibility index (Phi) is 25.1. The Balaban J connectivity index is 1.07. The first-order chi connectivity index (χ1) is 41.8. The van der Waals surface area contributed by atoms with Crippen molar-refractivity contribution in [3.8, 4) is 17.2 Å². The molecule has 504 valence electrons. The first kappa shape index (κ1) is 72.4. The lowest BCUT2D eigenvalue weighted by atomic mass is 9.82. The number of carbonyl (C=O) groups is 2. The van der Waals surface area contributed by atoms with E-state index in [1.54, 1.807) is 27.2 Å². The normalized spacial score (nSPS) is 36.2. The number of methoxy groups -OCH3 is 3. The van der Waals surface area contributed by atoms with Gasteiger partial charge in [-0.25, -0.2) is 18.2 Å². The van der Waals surface area contributed by atoms with Crippen LogP contribution in [0.4, 0.5) is 0 Å². The topological polar surface area (TPSA) is 301 Å². The van der Waals surface area contributed by atoms with Crippen LogP contribution in [-0.2, 0) is 77.8 Å². The molecule has 0 spiro atoms. The number of aliphatic hydroxyl groups is 2. The molecule has 4 saturated heterocycles. The van der Waals surface area contributed by atoms with Gasteiger partial charge in [-0.3, -0.25) is 9.59 Å². The molecule has 5 aliphatic rings. The number of rotatable bonds is 20. The van der Waals surface area contributed by atoms with Gasteiger partial charge in [0, 0.05) is 51.0 Å². The van der Waals surface area contributed by atoms with E-state index in [2.05, 4.69) is 69.4 Å². The molecule has 1 aromatic carbocycles. The van der Waals surface area contributed by atoms with Crippen LogP contribution in [0.3, 0.4) is 0 Å². The Bertz CT molecular complexity index is 2820. The summed E-state index contributed by atoms with van der Waals surface area (Å²) in [5.41, 5.74) is -0.743. The van der Waals surface area contributed by atoms with E-state index in [1.807, 2.05) is 58.1 Å². The SMILES string of the molecule is CN[C@H]1CC[C@H](O[C@H]2/C=C\C=C/C[C@@H](C)OC(=O)C[C@H]3OC(O[Si](C)(C)C(C)(C)C)C[C@@H](C[C@H]2C)[C@H](O[C@@H]2O[C@H](C)[C@@H](O[C@H]4C[C@@](C)(O)[C@@H](OC(=O)CCCc5cn(-c6cc(OC)c(S(N)(=O)=O)cc6OC)nn5)[C@H](C)O4)[C@H](N(C)C)[C@H]2O)[C@H]3OC)O[C@@H]1C.